The van der Waals surface area contributed by atoms with Gasteiger partial charge in [0.2, 0.25) is 0 Å². The molecule has 2 nitrogen and oxygen atoms in total. The van der Waals surface area contributed by atoms with Gasteiger partial charge in [-0.3, -0.25) is 0 Å². The predicted molar refractivity (Wildman–Crippen MR) is 133 cm³/mol. The van der Waals surface area contributed by atoms with E-state index in [2.05, 4.69) is 86.0 Å². The van der Waals surface area contributed by atoms with Gasteiger partial charge in [0.05, 0.1) is 0 Å². The van der Waals surface area contributed by atoms with Crippen molar-refractivity contribution >= 4 is 23.5 Å². The Bertz CT molecular complexity index is 879. The van der Waals surface area contributed by atoms with Crippen LogP contribution >= 0.6 is 0 Å². The molecule has 2 aliphatic carbocycles. The van der Waals surface area contributed by atoms with Gasteiger partial charge >= 0.3 is 0 Å². The van der Waals surface area contributed by atoms with Crippen molar-refractivity contribution in [2.24, 2.45) is 0 Å². The van der Waals surface area contributed by atoms with Gasteiger partial charge in [0.25, 0.3) is 0 Å². The highest BCUT2D eigenvalue weighted by Crippen LogP contribution is 2.36. The van der Waals surface area contributed by atoms with Crippen LogP contribution in [0.2, 0.25) is 0 Å². The fourth-order valence-electron chi connectivity index (χ4n) is 5.03. The van der Waals surface area contributed by atoms with E-state index < -0.39 is 0 Å². The minimum absolute atomic E-state index is 1.07. The van der Waals surface area contributed by atoms with Gasteiger partial charge < -0.3 is 9.80 Å². The van der Waals surface area contributed by atoms with Crippen LogP contribution in [0.5, 0.6) is 0 Å². The van der Waals surface area contributed by atoms with Crippen molar-refractivity contribution < 1.29 is 0 Å². The number of anilines is 2. The molecule has 4 rings (SSSR count). The minimum atomic E-state index is 1.07. The van der Waals surface area contributed by atoms with E-state index in [-0.39, 0.29) is 0 Å². The zero-order valence-electron chi connectivity index (χ0n) is 19.2. The zero-order valence-corrected chi connectivity index (χ0v) is 19.2. The van der Waals surface area contributed by atoms with Crippen LogP contribution in [0.3, 0.4) is 0 Å². The molecular weight excluding hydrogens is 364 g/mol. The fourth-order valence-corrected chi connectivity index (χ4v) is 5.03. The highest BCUT2D eigenvalue weighted by molar-refractivity contribution is 5.73. The van der Waals surface area contributed by atoms with Crippen LogP contribution in [-0.4, -0.2) is 26.2 Å². The van der Waals surface area contributed by atoms with Crippen LogP contribution in [0.1, 0.15) is 62.8 Å². The Kier molecular flexibility index (Phi) is 6.32. The normalized spacial score (nSPS) is 15.1. The van der Waals surface area contributed by atoms with E-state index in [1.807, 2.05) is 0 Å². The Morgan fingerprint density at radius 2 is 0.967 bits per heavy atom. The molecule has 30 heavy (non-hydrogen) atoms. The largest absolute Gasteiger partial charge is 0.372 e. The number of rotatable bonds is 7. The van der Waals surface area contributed by atoms with E-state index >= 15 is 0 Å². The molecule has 0 fully saturated rings. The molecule has 0 aliphatic heterocycles. The van der Waals surface area contributed by atoms with Gasteiger partial charge in [-0.15, -0.1) is 0 Å². The quantitative estimate of drug-likeness (QED) is 0.508. The molecule has 0 bridgehead atoms. The van der Waals surface area contributed by atoms with Gasteiger partial charge in [-0.2, -0.15) is 0 Å². The second-order valence-corrected chi connectivity index (χ2v) is 8.45. The molecule has 2 aromatic carbocycles. The Morgan fingerprint density at radius 1 is 0.567 bits per heavy atom. The van der Waals surface area contributed by atoms with Crippen LogP contribution in [0, 0.1) is 0 Å². The highest BCUT2D eigenvalue weighted by Gasteiger charge is 2.19. The maximum Gasteiger partial charge on any atom is 0.0369 e. The standard InChI is InChI=1S/C28H36N2/c1-5-29(6-2)27-15-13-23-17-21(9-11-25(23)19-27)22-10-12-26-20-28(30(7-3)8-4)16-14-24(26)18-22/h13-20H,5-12H2,1-4H3. The fraction of sp³-hybridized carbons (Fsp3) is 0.429. The van der Waals surface area contributed by atoms with Crippen molar-refractivity contribution in [3.63, 3.8) is 0 Å². The molecule has 0 N–H and O–H groups in total. The number of nitrogens with zero attached hydrogens (tertiary/aromatic N) is 2. The van der Waals surface area contributed by atoms with E-state index in [0.29, 0.717) is 0 Å². The van der Waals surface area contributed by atoms with Gasteiger partial charge in [-0.05, 0) is 111 Å². The maximum atomic E-state index is 2.45. The molecule has 0 amide bonds. The third kappa shape index (κ3) is 4.05. The summed E-state index contributed by atoms with van der Waals surface area (Å²) in [7, 11) is 0. The Morgan fingerprint density at radius 3 is 1.33 bits per heavy atom. The summed E-state index contributed by atoms with van der Waals surface area (Å²) < 4.78 is 0. The third-order valence-corrected chi connectivity index (χ3v) is 6.91. The number of fused-ring (bicyclic) bond motifs is 2. The molecule has 0 aromatic heterocycles. The second-order valence-electron chi connectivity index (χ2n) is 8.45. The summed E-state index contributed by atoms with van der Waals surface area (Å²) in [6.07, 6.45) is 9.53. The first-order chi connectivity index (χ1) is 14.7. The molecule has 0 atom stereocenters. The molecule has 0 saturated heterocycles. The average Bonchev–Trinajstić information content (AvgIpc) is 2.80. The lowest BCUT2D eigenvalue weighted by Gasteiger charge is -2.26. The summed E-state index contributed by atoms with van der Waals surface area (Å²) in [6, 6.07) is 14.1. The van der Waals surface area contributed by atoms with Crippen LogP contribution in [-0.2, 0) is 12.8 Å². The molecule has 2 aliphatic rings. The molecule has 158 valence electrons. The summed E-state index contributed by atoms with van der Waals surface area (Å²) in [5.74, 6) is 0. The van der Waals surface area contributed by atoms with Crippen molar-refractivity contribution in [2.45, 2.75) is 53.4 Å². The van der Waals surface area contributed by atoms with E-state index in [1.54, 1.807) is 0 Å². The Labute approximate surface area is 182 Å². The van der Waals surface area contributed by atoms with E-state index in [9.17, 15) is 0 Å². The summed E-state index contributed by atoms with van der Waals surface area (Å²) in [6.45, 7) is 13.2. The second kappa shape index (κ2) is 9.12. The van der Waals surface area contributed by atoms with Gasteiger partial charge in [0, 0.05) is 37.6 Å². The van der Waals surface area contributed by atoms with Crippen molar-refractivity contribution in [1.82, 2.24) is 0 Å². The maximum absolute atomic E-state index is 2.45. The first-order valence-corrected chi connectivity index (χ1v) is 11.8. The molecule has 0 heterocycles. The van der Waals surface area contributed by atoms with Crippen molar-refractivity contribution in [3.8, 4) is 0 Å². The van der Waals surface area contributed by atoms with E-state index in [0.717, 1.165) is 51.9 Å². The van der Waals surface area contributed by atoms with Crippen LogP contribution < -0.4 is 9.80 Å². The number of allylic oxidation sites excluding steroid dienone is 2. The molecular formula is C28H36N2. The summed E-state index contributed by atoms with van der Waals surface area (Å²) in [4.78, 5) is 4.87. The van der Waals surface area contributed by atoms with Gasteiger partial charge in [0.15, 0.2) is 0 Å². The van der Waals surface area contributed by atoms with E-state index in [1.165, 1.54) is 44.8 Å². The van der Waals surface area contributed by atoms with Gasteiger partial charge in [0.1, 0.15) is 0 Å². The molecule has 0 radical (unpaired) electrons. The summed E-state index contributed by atoms with van der Waals surface area (Å²) in [5, 5.41) is 0. The Balaban J connectivity index is 1.59. The first-order valence-electron chi connectivity index (χ1n) is 11.8. The lowest BCUT2D eigenvalue weighted by Crippen LogP contribution is -2.22. The van der Waals surface area contributed by atoms with Crippen molar-refractivity contribution in [3.05, 3.63) is 69.8 Å². The molecule has 2 heteroatoms. The number of hydrogen-bond donors (Lipinski definition) is 0. The SMILES string of the molecule is CCN(CC)c1ccc2c(c1)CCC(C1=Cc3ccc(N(CC)CC)cc3CC1)=C2. The number of hydrogen-bond acceptors (Lipinski definition) is 2. The molecule has 0 unspecified atom stereocenters. The summed E-state index contributed by atoms with van der Waals surface area (Å²) >= 11 is 0. The van der Waals surface area contributed by atoms with Crippen LogP contribution in [0.15, 0.2) is 47.5 Å². The first kappa shape index (κ1) is 20.8. The summed E-state index contributed by atoms with van der Waals surface area (Å²) in [5.41, 5.74) is 11.6. The lowest BCUT2D eigenvalue weighted by atomic mass is 9.82. The lowest BCUT2D eigenvalue weighted by molar-refractivity contribution is 0.849. The Hall–Kier alpha value is -2.48. The minimum Gasteiger partial charge on any atom is -0.372 e. The molecule has 0 saturated carbocycles. The smallest absolute Gasteiger partial charge is 0.0369 e. The van der Waals surface area contributed by atoms with Crippen molar-refractivity contribution in [2.75, 3.05) is 36.0 Å². The van der Waals surface area contributed by atoms with E-state index in [4.69, 9.17) is 0 Å². The zero-order chi connectivity index (χ0) is 21.1. The average molecular weight is 401 g/mol. The predicted octanol–water partition coefficient (Wildman–Crippen LogP) is 6.74. The van der Waals surface area contributed by atoms with Crippen molar-refractivity contribution in [1.29, 1.82) is 0 Å². The molecule has 2 aromatic rings. The van der Waals surface area contributed by atoms with Crippen LogP contribution in [0.4, 0.5) is 11.4 Å². The number of benzene rings is 2. The monoisotopic (exact) mass is 400 g/mol. The number of aryl methyl sites for hydroxylation is 2. The third-order valence-electron chi connectivity index (χ3n) is 6.91. The van der Waals surface area contributed by atoms with Gasteiger partial charge in [-0.25, -0.2) is 0 Å². The van der Waals surface area contributed by atoms with Crippen LogP contribution in [0.25, 0.3) is 12.2 Å². The molecule has 0 spiro atoms. The topological polar surface area (TPSA) is 6.48 Å². The van der Waals surface area contributed by atoms with Gasteiger partial charge in [-0.1, -0.05) is 24.3 Å². The highest BCUT2D eigenvalue weighted by atomic mass is 15.1.